The smallest absolute Gasteiger partial charge is 0.150 e. The molecule has 1 fully saturated rings. The Hall–Kier alpha value is -2.02. The van der Waals surface area contributed by atoms with Gasteiger partial charge in [-0.05, 0) is 43.2 Å². The second-order valence-corrected chi connectivity index (χ2v) is 8.84. The SMILES string of the molecule is OS([OH2+])(CNc1ccc2nc(C3CCCC3)[nH]c2c1)c1ccccc1. The molecule has 5 nitrogen and oxygen atoms in total. The van der Waals surface area contributed by atoms with Gasteiger partial charge >= 0.3 is 0 Å². The standard InChI is InChI=1S/C19H23N3O2S/c23-25(24,16-8-2-1-3-9-16)13-20-15-10-11-17-18(12-15)22-19(21-17)14-6-4-5-7-14/h1-3,8-12,14,20,23-24H,4-7,13H2,(H,21,22)/p+1. The molecular formula is C19H24N3O2S+. The van der Waals surface area contributed by atoms with Gasteiger partial charge in [0.05, 0.1) is 11.0 Å². The van der Waals surface area contributed by atoms with E-state index in [0.29, 0.717) is 10.8 Å². The third-order valence-corrected chi connectivity index (χ3v) is 6.47. The molecule has 1 saturated carbocycles. The third kappa shape index (κ3) is 3.51. The number of H-pyrrole nitrogens is 1. The molecule has 0 bridgehead atoms. The highest BCUT2D eigenvalue weighted by atomic mass is 32.3. The number of nitrogens with zero attached hydrogens (tertiary/aromatic N) is 1. The van der Waals surface area contributed by atoms with Crippen LogP contribution in [0.1, 0.15) is 37.4 Å². The molecule has 0 spiro atoms. The minimum absolute atomic E-state index is 0.201. The van der Waals surface area contributed by atoms with Crippen molar-refractivity contribution in [3.8, 4) is 0 Å². The van der Waals surface area contributed by atoms with Crippen LogP contribution in [0.4, 0.5) is 5.69 Å². The number of aromatic amines is 1. The van der Waals surface area contributed by atoms with E-state index in [0.717, 1.165) is 22.5 Å². The molecule has 1 atom stereocenters. The van der Waals surface area contributed by atoms with Crippen LogP contribution in [0, 0.1) is 0 Å². The highest BCUT2D eigenvalue weighted by Crippen LogP contribution is 2.47. The lowest BCUT2D eigenvalue weighted by Crippen LogP contribution is -2.11. The van der Waals surface area contributed by atoms with Crippen molar-refractivity contribution < 1.29 is 9.11 Å². The molecule has 0 amide bonds. The molecule has 1 unspecified atom stereocenters. The predicted octanol–water partition coefficient (Wildman–Crippen LogP) is 4.57. The van der Waals surface area contributed by atoms with Gasteiger partial charge in [0.15, 0.2) is 5.88 Å². The van der Waals surface area contributed by atoms with Crippen molar-refractivity contribution in [2.24, 2.45) is 0 Å². The van der Waals surface area contributed by atoms with E-state index in [4.69, 9.17) is 9.54 Å². The fraction of sp³-hybridized carbons (Fsp3) is 0.316. The highest BCUT2D eigenvalue weighted by Gasteiger charge is 2.21. The number of nitrogens with one attached hydrogen (secondary N) is 2. The van der Waals surface area contributed by atoms with E-state index >= 15 is 0 Å². The van der Waals surface area contributed by atoms with Gasteiger partial charge in [0.1, 0.15) is 10.7 Å². The fourth-order valence-corrected chi connectivity index (χ4v) is 4.60. The predicted molar refractivity (Wildman–Crippen MR) is 104 cm³/mol. The first-order chi connectivity index (χ1) is 12.1. The summed E-state index contributed by atoms with van der Waals surface area (Å²) in [7, 11) is -2.61. The van der Waals surface area contributed by atoms with Gasteiger partial charge in [0.2, 0.25) is 0 Å². The van der Waals surface area contributed by atoms with Crippen LogP contribution in [0.5, 0.6) is 0 Å². The van der Waals surface area contributed by atoms with Gasteiger partial charge in [-0.2, -0.15) is 0 Å². The second-order valence-electron chi connectivity index (χ2n) is 6.67. The third-order valence-electron chi connectivity index (χ3n) is 4.86. The Morgan fingerprint density at radius 1 is 1.16 bits per heavy atom. The molecule has 5 N–H and O–H groups in total. The molecule has 132 valence electrons. The van der Waals surface area contributed by atoms with Crippen LogP contribution >= 0.6 is 10.6 Å². The summed E-state index contributed by atoms with van der Waals surface area (Å²) in [6.07, 6.45) is 5.02. The number of rotatable bonds is 5. The molecule has 0 radical (unpaired) electrons. The Morgan fingerprint density at radius 3 is 2.68 bits per heavy atom. The highest BCUT2D eigenvalue weighted by molar-refractivity contribution is 8.24. The van der Waals surface area contributed by atoms with E-state index in [2.05, 4.69) is 10.3 Å². The largest absolute Gasteiger partial charge is 0.364 e. The van der Waals surface area contributed by atoms with Crippen LogP contribution in [0.2, 0.25) is 0 Å². The lowest BCUT2D eigenvalue weighted by molar-refractivity contribution is 0.489. The van der Waals surface area contributed by atoms with Crippen LogP contribution in [0.3, 0.4) is 0 Å². The van der Waals surface area contributed by atoms with Crippen molar-refractivity contribution in [3.63, 3.8) is 0 Å². The maximum absolute atomic E-state index is 10.5. The number of benzene rings is 2. The molecular weight excluding hydrogens is 334 g/mol. The Bertz CT molecular complexity index is 857. The summed E-state index contributed by atoms with van der Waals surface area (Å²) < 4.78 is 18.7. The average Bonchev–Trinajstić information content (AvgIpc) is 3.29. The normalized spacial score (nSPS) is 19.0. The summed E-state index contributed by atoms with van der Waals surface area (Å²) >= 11 is 0. The number of fused-ring (bicyclic) bond motifs is 1. The summed E-state index contributed by atoms with van der Waals surface area (Å²) in [6, 6.07) is 15.2. The minimum Gasteiger partial charge on any atom is -0.364 e. The zero-order valence-electron chi connectivity index (χ0n) is 14.0. The average molecular weight is 358 g/mol. The zero-order chi connectivity index (χ0) is 17.3. The molecule has 1 aromatic heterocycles. The summed E-state index contributed by atoms with van der Waals surface area (Å²) in [5.74, 6) is 1.85. The van der Waals surface area contributed by atoms with Gasteiger partial charge in [-0.1, -0.05) is 41.6 Å². The van der Waals surface area contributed by atoms with Crippen LogP contribution < -0.4 is 5.32 Å². The van der Waals surface area contributed by atoms with Crippen molar-refractivity contribution in [2.75, 3.05) is 11.2 Å². The van der Waals surface area contributed by atoms with Crippen LogP contribution in [0.25, 0.3) is 11.0 Å². The molecule has 2 aromatic carbocycles. The second kappa shape index (κ2) is 6.71. The Morgan fingerprint density at radius 2 is 1.92 bits per heavy atom. The lowest BCUT2D eigenvalue weighted by Gasteiger charge is -2.28. The topological polar surface area (TPSA) is 83.8 Å². The van der Waals surface area contributed by atoms with Gasteiger partial charge < -0.3 is 14.9 Å². The van der Waals surface area contributed by atoms with E-state index in [-0.39, 0.29) is 5.88 Å². The number of hydrogen-bond acceptors (Lipinski definition) is 3. The molecule has 1 aliphatic rings. The van der Waals surface area contributed by atoms with Gasteiger partial charge in [-0.15, -0.1) is 0 Å². The quantitative estimate of drug-likeness (QED) is 0.584. The first-order valence-corrected chi connectivity index (χ1v) is 10.4. The fourth-order valence-electron chi connectivity index (χ4n) is 3.45. The number of anilines is 1. The van der Waals surface area contributed by atoms with E-state index in [1.165, 1.54) is 25.7 Å². The van der Waals surface area contributed by atoms with E-state index in [1.807, 2.05) is 36.4 Å². The number of hydrogen-bond donors (Lipinski definition) is 3. The minimum atomic E-state index is -2.61. The monoisotopic (exact) mass is 358 g/mol. The zero-order valence-corrected chi connectivity index (χ0v) is 14.9. The first-order valence-electron chi connectivity index (χ1n) is 8.68. The number of aromatic nitrogens is 2. The van der Waals surface area contributed by atoms with Crippen molar-refractivity contribution in [1.82, 2.24) is 9.97 Å². The molecule has 0 saturated heterocycles. The van der Waals surface area contributed by atoms with E-state index in [9.17, 15) is 4.55 Å². The van der Waals surface area contributed by atoms with Gasteiger partial charge in [-0.25, -0.2) is 4.98 Å². The summed E-state index contributed by atoms with van der Waals surface area (Å²) in [5.41, 5.74) is 2.88. The van der Waals surface area contributed by atoms with E-state index in [1.54, 1.807) is 12.1 Å². The van der Waals surface area contributed by atoms with Crippen LogP contribution in [-0.2, 0) is 0 Å². The van der Waals surface area contributed by atoms with Crippen LogP contribution in [-0.4, -0.2) is 25.0 Å². The van der Waals surface area contributed by atoms with Crippen molar-refractivity contribution in [3.05, 3.63) is 54.4 Å². The maximum Gasteiger partial charge on any atom is 0.150 e. The van der Waals surface area contributed by atoms with Gasteiger partial charge in [0, 0.05) is 11.6 Å². The van der Waals surface area contributed by atoms with Gasteiger partial charge in [0.25, 0.3) is 0 Å². The van der Waals surface area contributed by atoms with Gasteiger partial charge in [-0.3, -0.25) is 4.55 Å². The van der Waals surface area contributed by atoms with Crippen molar-refractivity contribution >= 4 is 27.3 Å². The summed E-state index contributed by atoms with van der Waals surface area (Å²) in [6.45, 7) is 0. The molecule has 1 aliphatic carbocycles. The molecule has 4 rings (SSSR count). The van der Waals surface area contributed by atoms with Crippen molar-refractivity contribution in [2.45, 2.75) is 36.5 Å². The number of imidazole rings is 1. The summed E-state index contributed by atoms with van der Waals surface area (Å²) in [4.78, 5) is 8.84. The summed E-state index contributed by atoms with van der Waals surface area (Å²) in [5, 5.41) is 3.21. The molecule has 0 aliphatic heterocycles. The molecule has 1 heterocycles. The molecule has 3 aromatic rings. The van der Waals surface area contributed by atoms with Crippen LogP contribution in [0.15, 0.2) is 53.4 Å². The lowest BCUT2D eigenvalue weighted by atomic mass is 10.1. The Balaban J connectivity index is 1.50. The first kappa shape index (κ1) is 16.4. The maximum atomic E-state index is 10.5. The van der Waals surface area contributed by atoms with E-state index < -0.39 is 10.6 Å². The van der Waals surface area contributed by atoms with Crippen molar-refractivity contribution in [1.29, 1.82) is 0 Å². The Labute approximate surface area is 148 Å². The molecule has 25 heavy (non-hydrogen) atoms. The molecule has 6 heteroatoms. The Kier molecular flexibility index (Phi) is 4.41.